The molecule has 2 aliphatic rings. The molecule has 2 aromatic heterocycles. The molecule has 1 aliphatic carbocycles. The molecule has 4 rings (SSSR count). The summed E-state index contributed by atoms with van der Waals surface area (Å²) in [4.78, 5) is 26.7. The van der Waals surface area contributed by atoms with Gasteiger partial charge in [0.2, 0.25) is 5.88 Å². The Morgan fingerprint density at radius 2 is 2.17 bits per heavy atom. The number of ether oxygens (including phenoxy) is 2. The Labute approximate surface area is 139 Å². The topological polar surface area (TPSA) is 77.4 Å². The second kappa shape index (κ2) is 6.52. The van der Waals surface area contributed by atoms with E-state index < -0.39 is 0 Å². The molecule has 0 spiro atoms. The van der Waals surface area contributed by atoms with Gasteiger partial charge in [0.1, 0.15) is 24.2 Å². The first-order valence-electron chi connectivity index (χ1n) is 8.09. The van der Waals surface area contributed by atoms with E-state index in [0.717, 1.165) is 12.8 Å². The maximum absolute atomic E-state index is 12.7. The highest BCUT2D eigenvalue weighted by Crippen LogP contribution is 2.33. The molecule has 1 aliphatic heterocycles. The van der Waals surface area contributed by atoms with E-state index in [1.54, 1.807) is 18.5 Å². The van der Waals surface area contributed by atoms with Crippen LogP contribution in [0.2, 0.25) is 0 Å². The maximum atomic E-state index is 12.7. The highest BCUT2D eigenvalue weighted by Gasteiger charge is 2.46. The van der Waals surface area contributed by atoms with Gasteiger partial charge in [-0.05, 0) is 25.0 Å². The maximum Gasteiger partial charge on any atom is 0.272 e. The molecule has 0 aromatic carbocycles. The van der Waals surface area contributed by atoms with Gasteiger partial charge in [-0.3, -0.25) is 4.79 Å². The molecular formula is C17H18N4O3. The summed E-state index contributed by atoms with van der Waals surface area (Å²) in [6.07, 6.45) is 6.14. The van der Waals surface area contributed by atoms with E-state index in [1.807, 2.05) is 23.1 Å². The fraction of sp³-hybridized carbons (Fsp3) is 0.412. The zero-order valence-corrected chi connectivity index (χ0v) is 13.1. The number of hydrogen-bond donors (Lipinski definition) is 0. The predicted octanol–water partition coefficient (Wildman–Crippen LogP) is 1.32. The molecule has 24 heavy (non-hydrogen) atoms. The Kier molecular flexibility index (Phi) is 4.08. The second-order valence-electron chi connectivity index (χ2n) is 5.90. The molecule has 0 unspecified atom stereocenters. The van der Waals surface area contributed by atoms with Crippen molar-refractivity contribution in [3.8, 4) is 5.88 Å². The van der Waals surface area contributed by atoms with Crippen LogP contribution in [0.25, 0.3) is 0 Å². The zero-order valence-electron chi connectivity index (χ0n) is 13.1. The quantitative estimate of drug-likeness (QED) is 0.847. The molecule has 1 saturated carbocycles. The average molecular weight is 326 g/mol. The summed E-state index contributed by atoms with van der Waals surface area (Å²) in [5.41, 5.74) is 0.416. The lowest BCUT2D eigenvalue weighted by Gasteiger charge is -2.38. The lowest BCUT2D eigenvalue weighted by atomic mass is 10.1. The summed E-state index contributed by atoms with van der Waals surface area (Å²) in [5.74, 6) is 0.514. The number of hydrogen-bond acceptors (Lipinski definition) is 6. The number of rotatable bonds is 3. The summed E-state index contributed by atoms with van der Waals surface area (Å²) < 4.78 is 11.9. The number of carbonyl (C=O) groups excluding carboxylic acids is 1. The van der Waals surface area contributed by atoms with Crippen molar-refractivity contribution in [3.63, 3.8) is 0 Å². The van der Waals surface area contributed by atoms with Gasteiger partial charge in [-0.25, -0.2) is 15.0 Å². The van der Waals surface area contributed by atoms with E-state index in [0.29, 0.717) is 24.7 Å². The summed E-state index contributed by atoms with van der Waals surface area (Å²) in [6.45, 7) is 1.07. The highest BCUT2D eigenvalue weighted by atomic mass is 16.5. The molecule has 1 amide bonds. The third-order valence-electron chi connectivity index (χ3n) is 4.51. The molecule has 2 fully saturated rings. The molecule has 0 N–H and O–H groups in total. The molecule has 0 bridgehead atoms. The van der Waals surface area contributed by atoms with Crippen LogP contribution in [0.1, 0.15) is 23.3 Å². The van der Waals surface area contributed by atoms with Crippen molar-refractivity contribution in [1.82, 2.24) is 19.9 Å². The number of amides is 1. The Bertz CT molecular complexity index is 697. The van der Waals surface area contributed by atoms with Crippen LogP contribution in [0.3, 0.4) is 0 Å². The first-order valence-corrected chi connectivity index (χ1v) is 8.09. The zero-order chi connectivity index (χ0) is 16.4. The van der Waals surface area contributed by atoms with Crippen LogP contribution in [0.15, 0.2) is 43.0 Å². The molecular weight excluding hydrogens is 308 g/mol. The summed E-state index contributed by atoms with van der Waals surface area (Å²) in [5, 5.41) is 0. The van der Waals surface area contributed by atoms with Gasteiger partial charge in [0.05, 0.1) is 12.6 Å². The van der Waals surface area contributed by atoms with Gasteiger partial charge in [0.25, 0.3) is 5.91 Å². The van der Waals surface area contributed by atoms with Crippen LogP contribution in [-0.2, 0) is 4.74 Å². The van der Waals surface area contributed by atoms with Crippen LogP contribution >= 0.6 is 0 Å². The molecule has 1 saturated heterocycles. The number of morpholine rings is 1. The van der Waals surface area contributed by atoms with Gasteiger partial charge < -0.3 is 14.4 Å². The first-order chi connectivity index (χ1) is 11.8. The van der Waals surface area contributed by atoms with Gasteiger partial charge in [0, 0.05) is 25.0 Å². The molecule has 3 atom stereocenters. The first kappa shape index (κ1) is 15.0. The Morgan fingerprint density at radius 1 is 1.21 bits per heavy atom. The largest absolute Gasteiger partial charge is 0.471 e. The Morgan fingerprint density at radius 3 is 2.96 bits per heavy atom. The van der Waals surface area contributed by atoms with Crippen LogP contribution < -0.4 is 4.74 Å². The van der Waals surface area contributed by atoms with Crippen molar-refractivity contribution in [2.24, 2.45) is 0 Å². The molecule has 124 valence electrons. The number of carbonyl (C=O) groups is 1. The number of nitrogens with zero attached hydrogens (tertiary/aromatic N) is 4. The van der Waals surface area contributed by atoms with Gasteiger partial charge >= 0.3 is 0 Å². The Balaban J connectivity index is 1.49. The lowest BCUT2D eigenvalue weighted by Crippen LogP contribution is -2.54. The summed E-state index contributed by atoms with van der Waals surface area (Å²) >= 11 is 0. The summed E-state index contributed by atoms with van der Waals surface area (Å²) in [6, 6.07) is 7.23. The second-order valence-corrected chi connectivity index (χ2v) is 5.90. The predicted molar refractivity (Wildman–Crippen MR) is 84.5 cm³/mol. The average Bonchev–Trinajstić information content (AvgIpc) is 3.06. The van der Waals surface area contributed by atoms with Crippen molar-refractivity contribution in [2.45, 2.75) is 31.1 Å². The van der Waals surface area contributed by atoms with E-state index >= 15 is 0 Å². The van der Waals surface area contributed by atoms with Crippen LogP contribution in [0, 0.1) is 0 Å². The molecule has 7 heteroatoms. The van der Waals surface area contributed by atoms with Gasteiger partial charge in [-0.2, -0.15) is 0 Å². The number of pyridine rings is 1. The monoisotopic (exact) mass is 326 g/mol. The van der Waals surface area contributed by atoms with Crippen LogP contribution in [-0.4, -0.2) is 57.2 Å². The van der Waals surface area contributed by atoms with E-state index in [1.165, 1.54) is 6.33 Å². The van der Waals surface area contributed by atoms with Crippen LogP contribution in [0.4, 0.5) is 0 Å². The smallest absolute Gasteiger partial charge is 0.272 e. The minimum Gasteiger partial charge on any atom is -0.471 e. The van der Waals surface area contributed by atoms with E-state index in [9.17, 15) is 4.79 Å². The SMILES string of the molecule is O=C(c1ccncn1)N1CCO[C@H]2[C@H]1CC[C@H]2Oc1ccccn1. The molecule has 2 aromatic rings. The van der Waals surface area contributed by atoms with E-state index in [-0.39, 0.29) is 24.2 Å². The highest BCUT2D eigenvalue weighted by molar-refractivity contribution is 5.92. The fourth-order valence-corrected chi connectivity index (χ4v) is 3.43. The minimum absolute atomic E-state index is 0.00919. The number of fused-ring (bicyclic) bond motifs is 1. The normalized spacial score (nSPS) is 26.0. The van der Waals surface area contributed by atoms with Crippen molar-refractivity contribution in [3.05, 3.63) is 48.7 Å². The van der Waals surface area contributed by atoms with Gasteiger partial charge in [-0.1, -0.05) is 6.07 Å². The molecule has 0 radical (unpaired) electrons. The van der Waals surface area contributed by atoms with Gasteiger partial charge in [0.15, 0.2) is 0 Å². The van der Waals surface area contributed by atoms with Gasteiger partial charge in [-0.15, -0.1) is 0 Å². The lowest BCUT2D eigenvalue weighted by molar-refractivity contribution is -0.0794. The van der Waals surface area contributed by atoms with Crippen molar-refractivity contribution >= 4 is 5.91 Å². The van der Waals surface area contributed by atoms with Crippen molar-refractivity contribution in [2.75, 3.05) is 13.2 Å². The van der Waals surface area contributed by atoms with E-state index in [4.69, 9.17) is 9.47 Å². The minimum atomic E-state index is -0.133. The van der Waals surface area contributed by atoms with E-state index in [2.05, 4.69) is 15.0 Å². The van der Waals surface area contributed by atoms with Crippen molar-refractivity contribution < 1.29 is 14.3 Å². The summed E-state index contributed by atoms with van der Waals surface area (Å²) in [7, 11) is 0. The third-order valence-corrected chi connectivity index (χ3v) is 4.51. The molecule has 7 nitrogen and oxygen atoms in total. The fourth-order valence-electron chi connectivity index (χ4n) is 3.43. The number of aromatic nitrogens is 3. The van der Waals surface area contributed by atoms with Crippen LogP contribution in [0.5, 0.6) is 5.88 Å². The van der Waals surface area contributed by atoms with Crippen molar-refractivity contribution in [1.29, 1.82) is 0 Å². The Hall–Kier alpha value is -2.54. The standard InChI is InChI=1S/C17H18N4O3/c22-17(12-6-8-18-11-20-12)21-9-10-23-16-13(21)4-5-14(16)24-15-3-1-2-7-19-15/h1-3,6-8,11,13-14,16H,4-5,9-10H2/t13-,14-,16+/m1/s1. The third kappa shape index (κ3) is 2.82. The molecule has 3 heterocycles.